The summed E-state index contributed by atoms with van der Waals surface area (Å²) < 4.78 is 9.03. The zero-order valence-corrected chi connectivity index (χ0v) is 8.59. The first-order chi connectivity index (χ1) is 6.65. The van der Waals surface area contributed by atoms with Crippen molar-refractivity contribution >= 4 is 0 Å². The summed E-state index contributed by atoms with van der Waals surface area (Å²) in [6, 6.07) is 0. The van der Waals surface area contributed by atoms with Gasteiger partial charge in [-0.15, -0.1) is 0 Å². The SMILES string of the molecule is COC(CO)CO.COCC(O)CO. The van der Waals surface area contributed by atoms with Crippen LogP contribution >= 0.6 is 0 Å². The molecule has 88 valence electrons. The number of ether oxygens (including phenoxy) is 2. The maximum atomic E-state index is 8.48. The molecule has 0 saturated carbocycles. The monoisotopic (exact) mass is 212 g/mol. The molecule has 0 aromatic rings. The summed E-state index contributed by atoms with van der Waals surface area (Å²) in [5, 5.41) is 33.1. The van der Waals surface area contributed by atoms with Gasteiger partial charge in [-0.05, 0) is 0 Å². The molecule has 6 nitrogen and oxygen atoms in total. The number of aliphatic hydroxyl groups excluding tert-OH is 4. The van der Waals surface area contributed by atoms with Crippen LogP contribution in [0.4, 0.5) is 0 Å². The Morgan fingerprint density at radius 2 is 1.50 bits per heavy atom. The van der Waals surface area contributed by atoms with Gasteiger partial charge in [0.2, 0.25) is 0 Å². The van der Waals surface area contributed by atoms with Crippen molar-refractivity contribution in [1.29, 1.82) is 0 Å². The first kappa shape index (κ1) is 16.2. The second-order valence-corrected chi connectivity index (χ2v) is 2.51. The number of rotatable bonds is 6. The van der Waals surface area contributed by atoms with Crippen molar-refractivity contribution in [3.63, 3.8) is 0 Å². The lowest BCUT2D eigenvalue weighted by atomic mass is 10.4. The maximum absolute atomic E-state index is 8.48. The van der Waals surface area contributed by atoms with Gasteiger partial charge in [0.05, 0.1) is 26.4 Å². The molecule has 6 heteroatoms. The third kappa shape index (κ3) is 11.8. The number of hydrogen-bond acceptors (Lipinski definition) is 6. The fourth-order valence-corrected chi connectivity index (χ4v) is 0.452. The van der Waals surface area contributed by atoms with Gasteiger partial charge < -0.3 is 29.9 Å². The van der Waals surface area contributed by atoms with Crippen molar-refractivity contribution in [3.8, 4) is 0 Å². The Bertz CT molecular complexity index is 90.3. The summed E-state index contributed by atoms with van der Waals surface area (Å²) >= 11 is 0. The molecule has 0 aromatic carbocycles. The smallest absolute Gasteiger partial charge is 0.103 e. The highest BCUT2D eigenvalue weighted by atomic mass is 16.5. The molecule has 0 aliphatic carbocycles. The second kappa shape index (κ2) is 12.8. The van der Waals surface area contributed by atoms with Crippen molar-refractivity contribution in [3.05, 3.63) is 0 Å². The van der Waals surface area contributed by atoms with Gasteiger partial charge in [0.1, 0.15) is 12.2 Å². The van der Waals surface area contributed by atoms with E-state index in [1.807, 2.05) is 0 Å². The molecule has 0 rings (SSSR count). The summed E-state index contributed by atoms with van der Waals surface area (Å²) in [6.45, 7) is -0.260. The van der Waals surface area contributed by atoms with Crippen molar-refractivity contribution in [2.75, 3.05) is 40.6 Å². The van der Waals surface area contributed by atoms with E-state index in [1.54, 1.807) is 0 Å². The van der Waals surface area contributed by atoms with Crippen LogP contribution in [0.1, 0.15) is 0 Å². The average molecular weight is 212 g/mol. The van der Waals surface area contributed by atoms with Gasteiger partial charge in [-0.1, -0.05) is 0 Å². The van der Waals surface area contributed by atoms with Crippen molar-refractivity contribution in [2.45, 2.75) is 12.2 Å². The Labute approximate surface area is 83.7 Å². The van der Waals surface area contributed by atoms with Gasteiger partial charge in [-0.2, -0.15) is 0 Å². The second-order valence-electron chi connectivity index (χ2n) is 2.51. The highest BCUT2D eigenvalue weighted by molar-refractivity contribution is 4.48. The first-order valence-corrected chi connectivity index (χ1v) is 4.18. The van der Waals surface area contributed by atoms with Gasteiger partial charge in [-0.25, -0.2) is 0 Å². The Morgan fingerprint density at radius 3 is 1.57 bits per heavy atom. The predicted molar refractivity (Wildman–Crippen MR) is 49.9 cm³/mol. The van der Waals surface area contributed by atoms with E-state index in [0.717, 1.165) is 0 Å². The third-order valence-electron chi connectivity index (χ3n) is 1.31. The molecule has 0 fully saturated rings. The quantitative estimate of drug-likeness (QED) is 0.405. The van der Waals surface area contributed by atoms with Gasteiger partial charge in [0.15, 0.2) is 0 Å². The topological polar surface area (TPSA) is 99.4 Å². The van der Waals surface area contributed by atoms with Crippen LogP contribution in [0.15, 0.2) is 0 Å². The molecular weight excluding hydrogens is 192 g/mol. The van der Waals surface area contributed by atoms with Gasteiger partial charge in [0, 0.05) is 14.2 Å². The van der Waals surface area contributed by atoms with Crippen LogP contribution in [-0.4, -0.2) is 73.3 Å². The van der Waals surface area contributed by atoms with E-state index in [1.165, 1.54) is 14.2 Å². The van der Waals surface area contributed by atoms with E-state index in [-0.39, 0.29) is 26.4 Å². The van der Waals surface area contributed by atoms with Crippen LogP contribution in [0.2, 0.25) is 0 Å². The van der Waals surface area contributed by atoms with Crippen molar-refractivity contribution in [1.82, 2.24) is 0 Å². The van der Waals surface area contributed by atoms with E-state index < -0.39 is 12.2 Å². The Kier molecular flexibility index (Phi) is 14.8. The molecule has 1 unspecified atom stereocenters. The number of methoxy groups -OCH3 is 2. The fraction of sp³-hybridized carbons (Fsp3) is 1.00. The van der Waals surface area contributed by atoms with Crippen molar-refractivity contribution < 1.29 is 29.9 Å². The summed E-state index contributed by atoms with van der Waals surface area (Å²) in [7, 11) is 2.91. The van der Waals surface area contributed by atoms with Crippen LogP contribution in [0.3, 0.4) is 0 Å². The number of aliphatic hydroxyl groups is 4. The minimum atomic E-state index is -0.718. The van der Waals surface area contributed by atoms with Gasteiger partial charge >= 0.3 is 0 Å². The molecule has 0 aliphatic heterocycles. The molecule has 4 N–H and O–H groups in total. The zero-order valence-electron chi connectivity index (χ0n) is 8.59. The first-order valence-electron chi connectivity index (χ1n) is 4.18. The Balaban J connectivity index is 0. The number of hydrogen-bond donors (Lipinski definition) is 4. The molecule has 0 heterocycles. The third-order valence-corrected chi connectivity index (χ3v) is 1.31. The van der Waals surface area contributed by atoms with E-state index in [9.17, 15) is 0 Å². The Hall–Kier alpha value is -0.240. The van der Waals surface area contributed by atoms with Crippen LogP contribution in [-0.2, 0) is 9.47 Å². The molecule has 1 atom stereocenters. The highest BCUT2D eigenvalue weighted by Gasteiger charge is 1.99. The average Bonchev–Trinajstić information content (AvgIpc) is 2.22. The lowest BCUT2D eigenvalue weighted by Gasteiger charge is -2.05. The zero-order chi connectivity index (χ0) is 11.4. The summed E-state index contributed by atoms with van der Waals surface area (Å²) in [5.74, 6) is 0. The molecule has 0 saturated heterocycles. The maximum Gasteiger partial charge on any atom is 0.103 e. The molecule has 0 bridgehead atoms. The summed E-state index contributed by atoms with van der Waals surface area (Å²) in [4.78, 5) is 0. The van der Waals surface area contributed by atoms with Crippen LogP contribution in [0.25, 0.3) is 0 Å². The fourth-order valence-electron chi connectivity index (χ4n) is 0.452. The molecule has 0 aliphatic rings. The Morgan fingerprint density at radius 1 is 1.00 bits per heavy atom. The minimum absolute atomic E-state index is 0.118. The summed E-state index contributed by atoms with van der Waals surface area (Å²) in [6.07, 6.45) is -1.12. The molecule has 0 radical (unpaired) electrons. The lowest BCUT2D eigenvalue weighted by Crippen LogP contribution is -2.19. The molecule has 0 amide bonds. The predicted octanol–water partition coefficient (Wildman–Crippen LogP) is -2.03. The lowest BCUT2D eigenvalue weighted by molar-refractivity contribution is 0.00933. The molecular formula is C8H20O6. The largest absolute Gasteiger partial charge is 0.394 e. The summed E-state index contributed by atoms with van der Waals surface area (Å²) in [5.41, 5.74) is 0. The van der Waals surface area contributed by atoms with Gasteiger partial charge in [-0.3, -0.25) is 0 Å². The van der Waals surface area contributed by atoms with Crippen LogP contribution < -0.4 is 0 Å². The molecule has 0 spiro atoms. The van der Waals surface area contributed by atoms with E-state index in [4.69, 9.17) is 20.4 Å². The van der Waals surface area contributed by atoms with Crippen LogP contribution in [0, 0.1) is 0 Å². The molecule has 14 heavy (non-hydrogen) atoms. The normalized spacial score (nSPS) is 12.2. The molecule has 0 aromatic heterocycles. The van der Waals surface area contributed by atoms with Crippen LogP contribution in [0.5, 0.6) is 0 Å². The van der Waals surface area contributed by atoms with E-state index >= 15 is 0 Å². The van der Waals surface area contributed by atoms with E-state index in [0.29, 0.717) is 0 Å². The van der Waals surface area contributed by atoms with E-state index in [2.05, 4.69) is 9.47 Å². The van der Waals surface area contributed by atoms with Gasteiger partial charge in [0.25, 0.3) is 0 Å². The van der Waals surface area contributed by atoms with Crippen molar-refractivity contribution in [2.24, 2.45) is 0 Å². The minimum Gasteiger partial charge on any atom is -0.394 e. The highest BCUT2D eigenvalue weighted by Crippen LogP contribution is 1.82. The standard InChI is InChI=1S/2C4H10O3/c1-7-3-4(6)2-5;1-7-4(2-5)3-6/h2*4-6H,2-3H2,1H3.